The maximum absolute atomic E-state index is 13.2. The lowest BCUT2D eigenvalue weighted by molar-refractivity contribution is -0.166. The summed E-state index contributed by atoms with van der Waals surface area (Å²) in [7, 11) is -4.39. The van der Waals surface area contributed by atoms with E-state index in [9.17, 15) is 27.6 Å². The van der Waals surface area contributed by atoms with E-state index >= 15 is 0 Å². The molecule has 1 aliphatic heterocycles. The van der Waals surface area contributed by atoms with Gasteiger partial charge in [0.25, 0.3) is 5.88 Å². The SMILES string of the molecule is CC(=O)OC[C@H]1O[C@@H](n2c(=O)sc3c(OS(=O)(=O)c4ccc(C)cc4)nc(N)nc32)C(OC(C)=O)[C@@H]1OC(C)=O. The van der Waals surface area contributed by atoms with Gasteiger partial charge in [-0.2, -0.15) is 18.4 Å². The van der Waals surface area contributed by atoms with Crippen molar-refractivity contribution in [2.75, 3.05) is 12.3 Å². The molecule has 0 amide bonds. The normalized spacial score (nSPS) is 20.7. The van der Waals surface area contributed by atoms with Crippen molar-refractivity contribution in [3.8, 4) is 5.88 Å². The Labute approximate surface area is 230 Å². The van der Waals surface area contributed by atoms with Gasteiger partial charge in [-0.25, -0.2) is 0 Å². The monoisotopic (exact) mass is 596 g/mol. The lowest BCUT2D eigenvalue weighted by Crippen LogP contribution is -2.41. The van der Waals surface area contributed by atoms with Crippen molar-refractivity contribution >= 4 is 55.7 Å². The van der Waals surface area contributed by atoms with E-state index in [1.807, 2.05) is 0 Å². The molecular formula is C23H24N4O11S2. The van der Waals surface area contributed by atoms with Crippen molar-refractivity contribution in [2.45, 2.75) is 57.1 Å². The van der Waals surface area contributed by atoms with Gasteiger partial charge in [-0.1, -0.05) is 29.0 Å². The van der Waals surface area contributed by atoms with Gasteiger partial charge in [-0.15, -0.1) is 0 Å². The molecular weight excluding hydrogens is 572 g/mol. The molecule has 1 saturated heterocycles. The van der Waals surface area contributed by atoms with E-state index in [1.54, 1.807) is 19.1 Å². The average Bonchev–Trinajstić information content (AvgIpc) is 3.33. The first kappa shape index (κ1) is 28.9. The summed E-state index contributed by atoms with van der Waals surface area (Å²) in [6.45, 7) is 4.73. The lowest BCUT2D eigenvalue weighted by atomic mass is 10.1. The third-order valence-electron chi connectivity index (χ3n) is 5.54. The number of ether oxygens (including phenoxy) is 4. The van der Waals surface area contributed by atoms with Crippen LogP contribution in [0.15, 0.2) is 34.0 Å². The molecule has 1 unspecified atom stereocenters. The second kappa shape index (κ2) is 11.2. The van der Waals surface area contributed by atoms with Crippen molar-refractivity contribution in [3.63, 3.8) is 0 Å². The van der Waals surface area contributed by atoms with E-state index in [0.29, 0.717) is 11.3 Å². The number of aromatic nitrogens is 3. The second-order valence-electron chi connectivity index (χ2n) is 8.64. The molecule has 3 heterocycles. The van der Waals surface area contributed by atoms with Crippen LogP contribution < -0.4 is 14.8 Å². The largest absolute Gasteiger partial charge is 0.463 e. The second-order valence-corrected chi connectivity index (χ2v) is 11.2. The molecule has 4 atom stereocenters. The van der Waals surface area contributed by atoms with Crippen LogP contribution in [0.5, 0.6) is 5.88 Å². The van der Waals surface area contributed by atoms with E-state index in [1.165, 1.54) is 12.1 Å². The van der Waals surface area contributed by atoms with Crippen molar-refractivity contribution < 1.29 is 45.9 Å². The van der Waals surface area contributed by atoms with Gasteiger partial charge in [0.2, 0.25) is 5.95 Å². The molecule has 1 aromatic carbocycles. The number of anilines is 1. The van der Waals surface area contributed by atoms with Gasteiger partial charge in [0, 0.05) is 20.8 Å². The highest BCUT2D eigenvalue weighted by atomic mass is 32.2. The van der Waals surface area contributed by atoms with Gasteiger partial charge >= 0.3 is 32.9 Å². The molecule has 2 N–H and O–H groups in total. The number of rotatable bonds is 8. The molecule has 1 fully saturated rings. The van der Waals surface area contributed by atoms with E-state index in [2.05, 4.69) is 9.97 Å². The van der Waals surface area contributed by atoms with E-state index in [0.717, 1.165) is 30.9 Å². The first-order valence-electron chi connectivity index (χ1n) is 11.6. The molecule has 0 radical (unpaired) electrons. The number of aryl methyl sites for hydroxylation is 1. The highest BCUT2D eigenvalue weighted by Gasteiger charge is 2.51. The third-order valence-corrected chi connectivity index (χ3v) is 7.70. The van der Waals surface area contributed by atoms with Crippen LogP contribution in [0.2, 0.25) is 0 Å². The highest BCUT2D eigenvalue weighted by molar-refractivity contribution is 7.87. The number of fused-ring (bicyclic) bond motifs is 1. The number of hydrogen-bond donors (Lipinski definition) is 1. The molecule has 3 aromatic rings. The summed E-state index contributed by atoms with van der Waals surface area (Å²) in [5.41, 5.74) is 6.45. The van der Waals surface area contributed by atoms with Gasteiger partial charge in [0.15, 0.2) is 24.1 Å². The summed E-state index contributed by atoms with van der Waals surface area (Å²) >= 11 is 0.519. The van der Waals surface area contributed by atoms with Crippen molar-refractivity contribution in [2.24, 2.45) is 0 Å². The number of hydrogen-bond acceptors (Lipinski definition) is 15. The summed E-state index contributed by atoms with van der Waals surface area (Å²) in [5, 5.41) is 0. The van der Waals surface area contributed by atoms with Crippen molar-refractivity contribution in [3.05, 3.63) is 39.5 Å². The molecule has 40 heavy (non-hydrogen) atoms. The molecule has 17 heteroatoms. The topological polar surface area (TPSA) is 205 Å². The van der Waals surface area contributed by atoms with E-state index in [4.69, 9.17) is 28.9 Å². The maximum Gasteiger partial charge on any atom is 0.340 e. The lowest BCUT2D eigenvalue weighted by Gasteiger charge is -2.23. The van der Waals surface area contributed by atoms with Crippen LogP contribution in [0, 0.1) is 6.92 Å². The Morgan fingerprint density at radius 3 is 2.25 bits per heavy atom. The van der Waals surface area contributed by atoms with Crippen LogP contribution in [0.25, 0.3) is 10.3 Å². The standard InChI is InChI=1S/C23H24N4O11S2/c1-10-5-7-14(8-6-10)40(32,33)38-20-18-19(25-22(24)26-20)27(23(31)39-18)21-17(36-13(4)30)16(35-12(3)29)15(37-21)9-34-11(2)28/h5-8,15-17,21H,9H2,1-4H3,(H2,24,25,26)/t15-,16-,17?,21-/m1/s1. The predicted molar refractivity (Wildman–Crippen MR) is 137 cm³/mol. The molecule has 1 aliphatic rings. The van der Waals surface area contributed by atoms with Crippen LogP contribution in [-0.4, -0.2) is 65.8 Å². The fourth-order valence-electron chi connectivity index (χ4n) is 3.95. The molecule has 214 valence electrons. The first-order valence-corrected chi connectivity index (χ1v) is 13.8. The Balaban J connectivity index is 1.81. The van der Waals surface area contributed by atoms with Crippen LogP contribution in [0.3, 0.4) is 0 Å². The zero-order valence-corrected chi connectivity index (χ0v) is 23.2. The predicted octanol–water partition coefficient (Wildman–Crippen LogP) is 0.835. The minimum absolute atomic E-state index is 0.104. The number of nitrogens with two attached hydrogens (primary N) is 1. The molecule has 0 aliphatic carbocycles. The number of benzene rings is 1. The van der Waals surface area contributed by atoms with Crippen LogP contribution in [0.1, 0.15) is 32.6 Å². The van der Waals surface area contributed by atoms with Gasteiger partial charge in [-0.05, 0) is 19.1 Å². The fourth-order valence-corrected chi connectivity index (χ4v) is 5.77. The summed E-state index contributed by atoms with van der Waals surface area (Å²) in [6, 6.07) is 5.84. The van der Waals surface area contributed by atoms with Gasteiger partial charge in [-0.3, -0.25) is 23.7 Å². The molecule has 2 aromatic heterocycles. The number of esters is 3. The summed E-state index contributed by atoms with van der Waals surface area (Å²) in [4.78, 5) is 55.5. The Morgan fingerprint density at radius 2 is 1.65 bits per heavy atom. The third kappa shape index (κ3) is 6.05. The molecule has 0 spiro atoms. The Bertz CT molecular complexity index is 1630. The Hall–Kier alpha value is -4.09. The van der Waals surface area contributed by atoms with Crippen LogP contribution >= 0.6 is 11.3 Å². The summed E-state index contributed by atoms with van der Waals surface area (Å²) < 4.78 is 53.6. The zero-order valence-electron chi connectivity index (χ0n) is 21.6. The van der Waals surface area contributed by atoms with Gasteiger partial charge in [0.05, 0.1) is 0 Å². The molecule has 0 bridgehead atoms. The number of nitrogens with zero attached hydrogens (tertiary/aromatic N) is 3. The van der Waals surface area contributed by atoms with Crippen molar-refractivity contribution in [1.29, 1.82) is 0 Å². The molecule has 15 nitrogen and oxygen atoms in total. The smallest absolute Gasteiger partial charge is 0.340 e. The number of nitrogen functional groups attached to an aromatic ring is 1. The highest BCUT2D eigenvalue weighted by Crippen LogP contribution is 2.38. The van der Waals surface area contributed by atoms with Gasteiger partial charge < -0.3 is 28.9 Å². The first-order chi connectivity index (χ1) is 18.8. The minimum Gasteiger partial charge on any atom is -0.463 e. The van der Waals surface area contributed by atoms with Crippen molar-refractivity contribution in [1.82, 2.24) is 14.5 Å². The molecule has 4 rings (SSSR count). The number of carbonyl (C=O) groups is 3. The van der Waals surface area contributed by atoms with E-state index < -0.39 is 75.9 Å². The van der Waals surface area contributed by atoms with Crippen LogP contribution in [0.4, 0.5) is 5.95 Å². The minimum atomic E-state index is -4.39. The Kier molecular flexibility index (Phi) is 8.08. The number of thiazole rings is 1. The fraction of sp³-hybridized carbons (Fsp3) is 0.391. The van der Waals surface area contributed by atoms with E-state index in [-0.39, 0.29) is 15.2 Å². The summed E-state index contributed by atoms with van der Waals surface area (Å²) in [6.07, 6.45) is -5.29. The average molecular weight is 597 g/mol. The Morgan fingerprint density at radius 1 is 1.02 bits per heavy atom. The van der Waals surface area contributed by atoms with Gasteiger partial charge in [0.1, 0.15) is 22.3 Å². The van der Waals surface area contributed by atoms with Crippen LogP contribution in [-0.2, 0) is 43.4 Å². The summed E-state index contributed by atoms with van der Waals surface area (Å²) in [5.74, 6) is -3.17. The number of carbonyl (C=O) groups excluding carboxylic acids is 3. The maximum atomic E-state index is 13.2. The molecule has 0 saturated carbocycles. The quantitative estimate of drug-likeness (QED) is 0.217. The zero-order chi connectivity index (χ0) is 29.4.